The first kappa shape index (κ1) is 18.6. The molecule has 27 heavy (non-hydrogen) atoms. The quantitative estimate of drug-likeness (QED) is 0.371. The van der Waals surface area contributed by atoms with Crippen molar-refractivity contribution >= 4 is 41.0 Å². The summed E-state index contributed by atoms with van der Waals surface area (Å²) in [4.78, 5) is 22.4. The average molecular weight is 404 g/mol. The summed E-state index contributed by atoms with van der Waals surface area (Å²) >= 11 is 12.0. The minimum Gasteiger partial charge on any atom is -0.455 e. The van der Waals surface area contributed by atoms with Crippen LogP contribution >= 0.6 is 23.2 Å². The number of rotatable bonds is 5. The molecule has 3 aromatic rings. The van der Waals surface area contributed by atoms with Gasteiger partial charge in [0.15, 0.2) is 0 Å². The summed E-state index contributed by atoms with van der Waals surface area (Å²) in [6.07, 6.45) is 1.30. The third kappa shape index (κ3) is 4.33. The summed E-state index contributed by atoms with van der Waals surface area (Å²) in [6.45, 7) is 0. The van der Waals surface area contributed by atoms with Crippen molar-refractivity contribution in [1.29, 1.82) is 0 Å². The molecule has 0 bridgehead atoms. The lowest BCUT2D eigenvalue weighted by atomic mass is 10.1. The van der Waals surface area contributed by atoms with Crippen LogP contribution in [0, 0.1) is 10.1 Å². The van der Waals surface area contributed by atoms with Gasteiger partial charge in [-0.05, 0) is 30.3 Å². The first-order chi connectivity index (χ1) is 13.0. The van der Waals surface area contributed by atoms with Gasteiger partial charge in [-0.2, -0.15) is 5.10 Å². The van der Waals surface area contributed by atoms with Crippen LogP contribution in [0.1, 0.15) is 16.1 Å². The second-order valence-electron chi connectivity index (χ2n) is 5.30. The molecule has 1 aromatic heterocycles. The molecule has 0 spiro atoms. The maximum Gasteiger partial charge on any atom is 0.272 e. The Morgan fingerprint density at radius 3 is 2.63 bits per heavy atom. The first-order valence-corrected chi connectivity index (χ1v) is 8.33. The number of non-ortho nitro benzene ring substituents is 1. The van der Waals surface area contributed by atoms with Crippen LogP contribution in [0.25, 0.3) is 11.3 Å². The first-order valence-electron chi connectivity index (χ1n) is 7.58. The maximum atomic E-state index is 12.0. The molecule has 0 saturated heterocycles. The summed E-state index contributed by atoms with van der Waals surface area (Å²) in [6, 6.07) is 13.8. The van der Waals surface area contributed by atoms with E-state index in [1.54, 1.807) is 36.4 Å². The molecule has 136 valence electrons. The number of amides is 1. The van der Waals surface area contributed by atoms with Crippen molar-refractivity contribution in [3.63, 3.8) is 0 Å². The number of nitro benzene ring substituents is 1. The van der Waals surface area contributed by atoms with E-state index in [4.69, 9.17) is 27.6 Å². The van der Waals surface area contributed by atoms with Crippen LogP contribution in [-0.2, 0) is 0 Å². The fourth-order valence-electron chi connectivity index (χ4n) is 2.24. The van der Waals surface area contributed by atoms with E-state index in [0.717, 1.165) is 0 Å². The molecule has 0 aliphatic heterocycles. The highest BCUT2D eigenvalue weighted by atomic mass is 35.5. The predicted molar refractivity (Wildman–Crippen MR) is 102 cm³/mol. The third-order valence-corrected chi connectivity index (χ3v) is 4.19. The molecule has 0 atom stereocenters. The largest absolute Gasteiger partial charge is 0.455 e. The molecule has 0 radical (unpaired) electrons. The molecule has 2 aromatic carbocycles. The van der Waals surface area contributed by atoms with Crippen LogP contribution in [-0.4, -0.2) is 17.0 Å². The van der Waals surface area contributed by atoms with Gasteiger partial charge in [-0.15, -0.1) is 0 Å². The minimum absolute atomic E-state index is 0.104. The molecule has 1 N–H and O–H groups in total. The topological polar surface area (TPSA) is 97.7 Å². The van der Waals surface area contributed by atoms with Gasteiger partial charge >= 0.3 is 0 Å². The van der Waals surface area contributed by atoms with Gasteiger partial charge < -0.3 is 4.42 Å². The molecule has 1 amide bonds. The number of hydrazone groups is 1. The highest BCUT2D eigenvalue weighted by Gasteiger charge is 2.14. The molecule has 1 heterocycles. The van der Waals surface area contributed by atoms with Crippen molar-refractivity contribution in [2.75, 3.05) is 0 Å². The number of carbonyl (C=O) groups excluding carboxylic acids is 1. The molecule has 0 fully saturated rings. The van der Waals surface area contributed by atoms with E-state index in [2.05, 4.69) is 10.5 Å². The number of nitrogens with one attached hydrogen (secondary N) is 1. The molecule has 0 unspecified atom stereocenters. The zero-order chi connectivity index (χ0) is 19.4. The van der Waals surface area contributed by atoms with Gasteiger partial charge in [0.05, 0.1) is 26.7 Å². The van der Waals surface area contributed by atoms with Gasteiger partial charge in [-0.25, -0.2) is 5.43 Å². The van der Waals surface area contributed by atoms with Crippen LogP contribution in [0.15, 0.2) is 64.1 Å². The molecular formula is C18H11Cl2N3O4. The summed E-state index contributed by atoms with van der Waals surface area (Å²) in [5.74, 6) is 0.194. The fourth-order valence-corrected chi connectivity index (χ4v) is 2.67. The highest BCUT2D eigenvalue weighted by molar-refractivity contribution is 6.34. The predicted octanol–water partition coefficient (Wildman–Crippen LogP) is 4.93. The second-order valence-corrected chi connectivity index (χ2v) is 6.12. The number of nitro groups is 1. The number of hydrogen-bond acceptors (Lipinski definition) is 5. The monoisotopic (exact) mass is 403 g/mol. The van der Waals surface area contributed by atoms with Crippen LogP contribution in [0.5, 0.6) is 0 Å². The number of furan rings is 1. The van der Waals surface area contributed by atoms with Crippen molar-refractivity contribution in [3.05, 3.63) is 86.1 Å². The highest BCUT2D eigenvalue weighted by Crippen LogP contribution is 2.32. The van der Waals surface area contributed by atoms with Crippen LogP contribution in [0.4, 0.5) is 5.69 Å². The second kappa shape index (κ2) is 8.03. The summed E-state index contributed by atoms with van der Waals surface area (Å²) in [7, 11) is 0. The van der Waals surface area contributed by atoms with E-state index >= 15 is 0 Å². The van der Waals surface area contributed by atoms with Gasteiger partial charge in [0.1, 0.15) is 11.5 Å². The van der Waals surface area contributed by atoms with Crippen molar-refractivity contribution in [2.24, 2.45) is 5.10 Å². The lowest BCUT2D eigenvalue weighted by molar-refractivity contribution is -0.384. The standard InChI is InChI=1S/C18H11Cl2N3O4/c19-15-4-2-1-3-13(15)18(24)22-21-10-12-6-8-17(27-12)14-9-11(23(25)26)5-7-16(14)20/h1-10H,(H,22,24). The molecular weight excluding hydrogens is 393 g/mol. The van der Waals surface area contributed by atoms with E-state index < -0.39 is 10.8 Å². The van der Waals surface area contributed by atoms with Gasteiger partial charge in [0.2, 0.25) is 0 Å². The Morgan fingerprint density at radius 1 is 1.11 bits per heavy atom. The van der Waals surface area contributed by atoms with E-state index in [0.29, 0.717) is 32.7 Å². The third-order valence-electron chi connectivity index (χ3n) is 3.53. The Bertz CT molecular complexity index is 1050. The lowest BCUT2D eigenvalue weighted by Crippen LogP contribution is -2.17. The van der Waals surface area contributed by atoms with Gasteiger partial charge in [-0.1, -0.05) is 35.3 Å². The fraction of sp³-hybridized carbons (Fsp3) is 0. The van der Waals surface area contributed by atoms with E-state index in [-0.39, 0.29) is 5.69 Å². The van der Waals surface area contributed by atoms with Crippen molar-refractivity contribution < 1.29 is 14.1 Å². The van der Waals surface area contributed by atoms with Crippen molar-refractivity contribution in [2.45, 2.75) is 0 Å². The molecule has 0 aliphatic rings. The minimum atomic E-state index is -0.518. The van der Waals surface area contributed by atoms with Gasteiger partial charge in [0.25, 0.3) is 11.6 Å². The summed E-state index contributed by atoms with van der Waals surface area (Å²) in [5.41, 5.74) is 2.91. The summed E-state index contributed by atoms with van der Waals surface area (Å²) in [5, 5.41) is 15.3. The van der Waals surface area contributed by atoms with Crippen molar-refractivity contribution in [1.82, 2.24) is 5.43 Å². The number of halogens is 2. The van der Waals surface area contributed by atoms with Gasteiger partial charge in [-0.3, -0.25) is 14.9 Å². The van der Waals surface area contributed by atoms with E-state index in [1.807, 2.05) is 0 Å². The molecule has 7 nitrogen and oxygen atoms in total. The lowest BCUT2D eigenvalue weighted by Gasteiger charge is -2.01. The average Bonchev–Trinajstić information content (AvgIpc) is 3.10. The van der Waals surface area contributed by atoms with Crippen LogP contribution in [0.3, 0.4) is 0 Å². The Labute approximate surface area is 163 Å². The molecule has 0 saturated carbocycles. The van der Waals surface area contributed by atoms with Crippen LogP contribution in [0.2, 0.25) is 10.0 Å². The zero-order valence-corrected chi connectivity index (χ0v) is 15.1. The Balaban J connectivity index is 1.74. The Kier molecular flexibility index (Phi) is 5.54. The zero-order valence-electron chi connectivity index (χ0n) is 13.6. The van der Waals surface area contributed by atoms with Gasteiger partial charge in [0, 0.05) is 17.7 Å². The normalized spacial score (nSPS) is 10.9. The summed E-state index contributed by atoms with van der Waals surface area (Å²) < 4.78 is 5.56. The SMILES string of the molecule is O=C(NN=Cc1ccc(-c2cc([N+](=O)[O-])ccc2Cl)o1)c1ccccc1Cl. The number of nitrogens with zero attached hydrogens (tertiary/aromatic N) is 2. The van der Waals surface area contributed by atoms with E-state index in [1.165, 1.54) is 24.4 Å². The molecule has 9 heteroatoms. The number of carbonyl (C=O) groups is 1. The Morgan fingerprint density at radius 2 is 1.89 bits per heavy atom. The molecule has 3 rings (SSSR count). The van der Waals surface area contributed by atoms with Crippen LogP contribution < -0.4 is 5.43 Å². The maximum absolute atomic E-state index is 12.0. The smallest absolute Gasteiger partial charge is 0.272 e. The molecule has 0 aliphatic carbocycles. The Hall–Kier alpha value is -3.16. The number of benzene rings is 2. The van der Waals surface area contributed by atoms with E-state index in [9.17, 15) is 14.9 Å². The number of hydrogen-bond donors (Lipinski definition) is 1. The van der Waals surface area contributed by atoms with Crippen molar-refractivity contribution in [3.8, 4) is 11.3 Å².